The summed E-state index contributed by atoms with van der Waals surface area (Å²) >= 11 is 0. The van der Waals surface area contributed by atoms with Crippen molar-refractivity contribution >= 4 is 22.4 Å². The van der Waals surface area contributed by atoms with Crippen molar-refractivity contribution < 1.29 is 4.79 Å². The third kappa shape index (κ3) is 2.53. The molecule has 1 aliphatic heterocycles. The molecule has 2 heteroatoms. The number of carbonyl (C=O) groups excluding carboxylic acids is 1. The molecule has 2 atom stereocenters. The number of nitrogens with zero attached hydrogens (tertiary/aromatic N) is 1. The summed E-state index contributed by atoms with van der Waals surface area (Å²) < 4.78 is 0. The number of hydrogen-bond donors (Lipinski definition) is 0. The number of anilines is 1. The molecule has 1 saturated heterocycles. The van der Waals surface area contributed by atoms with Crippen molar-refractivity contribution in [2.75, 3.05) is 4.90 Å². The van der Waals surface area contributed by atoms with Gasteiger partial charge in [0.2, 0.25) is 5.91 Å². The van der Waals surface area contributed by atoms with E-state index < -0.39 is 0 Å². The number of fused-ring (bicyclic) bond motifs is 1. The summed E-state index contributed by atoms with van der Waals surface area (Å²) in [6.07, 6.45) is 0. The molecule has 0 unspecified atom stereocenters. The molecule has 27 heavy (non-hydrogen) atoms. The van der Waals surface area contributed by atoms with Gasteiger partial charge in [-0.2, -0.15) is 0 Å². The minimum Gasteiger partial charge on any atom is -0.303 e. The van der Waals surface area contributed by atoms with Crippen LogP contribution in [0.25, 0.3) is 10.8 Å². The SMILES string of the molecule is O=C1[C@@H](c2ccccc2)[C@@H](c2cccc3ccccc23)N1c1ccccc1. The monoisotopic (exact) mass is 349 g/mol. The highest BCUT2D eigenvalue weighted by molar-refractivity contribution is 6.08. The fourth-order valence-electron chi connectivity index (χ4n) is 4.18. The molecule has 1 amide bonds. The van der Waals surface area contributed by atoms with Crippen LogP contribution in [0.4, 0.5) is 5.69 Å². The van der Waals surface area contributed by atoms with Crippen LogP contribution in [0.5, 0.6) is 0 Å². The molecule has 2 nitrogen and oxygen atoms in total. The second-order valence-electron chi connectivity index (χ2n) is 6.95. The summed E-state index contributed by atoms with van der Waals surface area (Å²) in [6, 6.07) is 34.9. The van der Waals surface area contributed by atoms with Crippen LogP contribution in [0.1, 0.15) is 23.1 Å². The van der Waals surface area contributed by atoms with Crippen LogP contribution in [-0.2, 0) is 4.79 Å². The molecule has 0 aromatic heterocycles. The third-order valence-electron chi connectivity index (χ3n) is 5.43. The molecule has 0 N–H and O–H groups in total. The summed E-state index contributed by atoms with van der Waals surface area (Å²) in [5.74, 6) is 0.00236. The topological polar surface area (TPSA) is 20.3 Å². The van der Waals surface area contributed by atoms with E-state index in [1.807, 2.05) is 53.4 Å². The van der Waals surface area contributed by atoms with Crippen molar-refractivity contribution in [2.45, 2.75) is 12.0 Å². The van der Waals surface area contributed by atoms with Crippen molar-refractivity contribution in [3.05, 3.63) is 114 Å². The zero-order chi connectivity index (χ0) is 18.2. The zero-order valence-electron chi connectivity index (χ0n) is 14.8. The molecule has 130 valence electrons. The van der Waals surface area contributed by atoms with Gasteiger partial charge in [-0.15, -0.1) is 0 Å². The fourth-order valence-corrected chi connectivity index (χ4v) is 4.18. The number of para-hydroxylation sites is 1. The Morgan fingerprint density at radius 1 is 0.630 bits per heavy atom. The minimum absolute atomic E-state index is 0.00611. The van der Waals surface area contributed by atoms with Crippen molar-refractivity contribution in [1.82, 2.24) is 0 Å². The Balaban J connectivity index is 1.69. The second-order valence-corrected chi connectivity index (χ2v) is 6.95. The molecule has 1 heterocycles. The molecular formula is C25H19NO. The van der Waals surface area contributed by atoms with Crippen LogP contribution in [-0.4, -0.2) is 5.91 Å². The van der Waals surface area contributed by atoms with Gasteiger partial charge in [-0.05, 0) is 34.0 Å². The van der Waals surface area contributed by atoms with E-state index in [0.717, 1.165) is 11.3 Å². The zero-order valence-corrected chi connectivity index (χ0v) is 14.8. The minimum atomic E-state index is -0.155. The summed E-state index contributed by atoms with van der Waals surface area (Å²) in [7, 11) is 0. The van der Waals surface area contributed by atoms with E-state index in [9.17, 15) is 4.79 Å². The Morgan fingerprint density at radius 3 is 2.04 bits per heavy atom. The Labute approximate surface area is 158 Å². The number of benzene rings is 4. The first-order valence-corrected chi connectivity index (χ1v) is 9.25. The standard InChI is InChI=1S/C25H19NO/c27-25-23(19-11-3-1-4-12-19)24(26(25)20-14-5-2-6-15-20)22-17-9-13-18-10-7-8-16-21(18)22/h1-17,23-24H/t23-,24+/m0/s1. The van der Waals surface area contributed by atoms with Crippen molar-refractivity contribution in [3.63, 3.8) is 0 Å². The molecule has 4 aromatic rings. The van der Waals surface area contributed by atoms with E-state index in [-0.39, 0.29) is 17.9 Å². The van der Waals surface area contributed by atoms with Crippen LogP contribution in [0, 0.1) is 0 Å². The van der Waals surface area contributed by atoms with Crippen LogP contribution < -0.4 is 4.90 Å². The summed E-state index contributed by atoms with van der Waals surface area (Å²) in [6.45, 7) is 0. The van der Waals surface area contributed by atoms with Crippen LogP contribution in [0.15, 0.2) is 103 Å². The Bertz CT molecular complexity index is 1050. The first kappa shape index (κ1) is 15.8. The highest BCUT2D eigenvalue weighted by atomic mass is 16.2. The number of hydrogen-bond acceptors (Lipinski definition) is 1. The van der Waals surface area contributed by atoms with E-state index in [0.29, 0.717) is 0 Å². The Morgan fingerprint density at radius 2 is 1.26 bits per heavy atom. The summed E-state index contributed by atoms with van der Waals surface area (Å²) in [5.41, 5.74) is 3.23. The van der Waals surface area contributed by atoms with Gasteiger partial charge in [0.15, 0.2) is 0 Å². The van der Waals surface area contributed by atoms with Crippen molar-refractivity contribution in [3.8, 4) is 0 Å². The van der Waals surface area contributed by atoms with Gasteiger partial charge in [0.25, 0.3) is 0 Å². The lowest BCUT2D eigenvalue weighted by molar-refractivity contribution is -0.126. The molecule has 0 radical (unpaired) electrons. The van der Waals surface area contributed by atoms with Crippen molar-refractivity contribution in [1.29, 1.82) is 0 Å². The lowest BCUT2D eigenvalue weighted by Gasteiger charge is -2.48. The smallest absolute Gasteiger partial charge is 0.237 e. The Hall–Kier alpha value is -3.39. The average Bonchev–Trinajstić information content (AvgIpc) is 2.73. The quantitative estimate of drug-likeness (QED) is 0.434. The lowest BCUT2D eigenvalue weighted by atomic mass is 9.76. The van der Waals surface area contributed by atoms with Crippen molar-refractivity contribution in [2.24, 2.45) is 0 Å². The largest absolute Gasteiger partial charge is 0.303 e. The normalized spacial score (nSPS) is 19.1. The predicted molar refractivity (Wildman–Crippen MR) is 110 cm³/mol. The molecule has 4 aromatic carbocycles. The van der Waals surface area contributed by atoms with Gasteiger partial charge >= 0.3 is 0 Å². The number of amides is 1. The molecule has 0 aliphatic carbocycles. The van der Waals surface area contributed by atoms with Gasteiger partial charge in [0, 0.05) is 5.69 Å². The number of carbonyl (C=O) groups is 1. The van der Waals surface area contributed by atoms with Gasteiger partial charge in [0.05, 0.1) is 12.0 Å². The lowest BCUT2D eigenvalue weighted by Crippen LogP contribution is -2.53. The van der Waals surface area contributed by atoms with Gasteiger partial charge in [0.1, 0.15) is 0 Å². The summed E-state index contributed by atoms with van der Waals surface area (Å²) in [4.78, 5) is 15.2. The number of β-lactam (4-membered cyclic amide) rings is 1. The van der Waals surface area contributed by atoms with E-state index in [4.69, 9.17) is 0 Å². The van der Waals surface area contributed by atoms with Gasteiger partial charge in [-0.25, -0.2) is 0 Å². The van der Waals surface area contributed by atoms with Crippen LogP contribution in [0.3, 0.4) is 0 Å². The number of rotatable bonds is 3. The van der Waals surface area contributed by atoms with E-state index in [1.165, 1.54) is 16.3 Å². The maximum absolute atomic E-state index is 13.2. The molecular weight excluding hydrogens is 330 g/mol. The van der Waals surface area contributed by atoms with Gasteiger partial charge in [-0.1, -0.05) is 91.0 Å². The van der Waals surface area contributed by atoms with Crippen LogP contribution >= 0.6 is 0 Å². The van der Waals surface area contributed by atoms with E-state index in [1.54, 1.807) is 0 Å². The fraction of sp³-hybridized carbons (Fsp3) is 0.0800. The van der Waals surface area contributed by atoms with Crippen LogP contribution in [0.2, 0.25) is 0 Å². The molecule has 1 fully saturated rings. The molecule has 0 spiro atoms. The maximum Gasteiger partial charge on any atom is 0.237 e. The molecule has 0 bridgehead atoms. The van der Waals surface area contributed by atoms with Gasteiger partial charge in [-0.3, -0.25) is 4.79 Å². The van der Waals surface area contributed by atoms with E-state index in [2.05, 4.69) is 54.6 Å². The highest BCUT2D eigenvalue weighted by Gasteiger charge is 2.49. The highest BCUT2D eigenvalue weighted by Crippen LogP contribution is 2.50. The summed E-state index contributed by atoms with van der Waals surface area (Å²) in [5, 5.41) is 2.41. The average molecular weight is 349 g/mol. The van der Waals surface area contributed by atoms with E-state index >= 15 is 0 Å². The first-order chi connectivity index (χ1) is 13.3. The third-order valence-corrected chi connectivity index (χ3v) is 5.43. The maximum atomic E-state index is 13.2. The second kappa shape index (κ2) is 6.40. The first-order valence-electron chi connectivity index (χ1n) is 9.25. The van der Waals surface area contributed by atoms with Gasteiger partial charge < -0.3 is 4.90 Å². The predicted octanol–water partition coefficient (Wildman–Crippen LogP) is 5.71. The Kier molecular flexibility index (Phi) is 3.75. The molecule has 1 aliphatic rings. The molecule has 5 rings (SSSR count). The molecule has 0 saturated carbocycles.